The topological polar surface area (TPSA) is 88.3 Å². The molecule has 0 atom stereocenters. The summed E-state index contributed by atoms with van der Waals surface area (Å²) >= 11 is 0. The molecule has 0 aromatic carbocycles. The van der Waals surface area contributed by atoms with Crippen LogP contribution in [0.2, 0.25) is 0 Å². The molecule has 3 N–H and O–H groups in total. The van der Waals surface area contributed by atoms with Crippen LogP contribution in [0.25, 0.3) is 0 Å². The molecule has 0 amide bonds. The first kappa shape index (κ1) is 16.7. The van der Waals surface area contributed by atoms with E-state index in [4.69, 9.17) is 5.84 Å². The zero-order chi connectivity index (χ0) is 15.6. The average Bonchev–Trinajstić information content (AvgIpc) is 2.34. The molecule has 1 aromatic rings. The molecule has 0 unspecified atom stereocenters. The van der Waals surface area contributed by atoms with E-state index < -0.39 is 33.8 Å². The summed E-state index contributed by atoms with van der Waals surface area (Å²) in [6.07, 6.45) is -3.48. The van der Waals surface area contributed by atoms with Crippen molar-refractivity contribution in [3.63, 3.8) is 0 Å². The van der Waals surface area contributed by atoms with Gasteiger partial charge in [-0.2, -0.15) is 17.5 Å². The van der Waals surface area contributed by atoms with Crippen LogP contribution in [0.15, 0.2) is 23.4 Å². The van der Waals surface area contributed by atoms with Crippen LogP contribution in [0, 0.1) is 0 Å². The van der Waals surface area contributed by atoms with Crippen LogP contribution in [0.5, 0.6) is 0 Å². The van der Waals surface area contributed by atoms with Crippen molar-refractivity contribution < 1.29 is 21.6 Å². The number of halogens is 3. The van der Waals surface area contributed by atoms with E-state index in [1.165, 1.54) is 32.2 Å². The molecule has 0 saturated heterocycles. The molecule has 0 aliphatic rings. The van der Waals surface area contributed by atoms with Crippen LogP contribution in [0.1, 0.15) is 13.8 Å². The van der Waals surface area contributed by atoms with Crippen LogP contribution in [-0.2, 0) is 10.0 Å². The zero-order valence-corrected chi connectivity index (χ0v) is 11.7. The summed E-state index contributed by atoms with van der Waals surface area (Å²) < 4.78 is 62.5. The molecule has 10 heteroatoms. The fourth-order valence-electron chi connectivity index (χ4n) is 1.54. The average molecular weight is 312 g/mol. The maximum Gasteiger partial charge on any atom is 0.402 e. The Morgan fingerprint density at radius 2 is 2.05 bits per heavy atom. The van der Waals surface area contributed by atoms with Crippen molar-refractivity contribution in [1.82, 2.24) is 9.29 Å². The summed E-state index contributed by atoms with van der Waals surface area (Å²) in [5.74, 6) is 5.16. The minimum absolute atomic E-state index is 0.0691. The van der Waals surface area contributed by atoms with E-state index in [-0.39, 0.29) is 5.69 Å². The van der Waals surface area contributed by atoms with Crippen molar-refractivity contribution in [2.24, 2.45) is 5.84 Å². The van der Waals surface area contributed by atoms with Crippen molar-refractivity contribution >= 4 is 15.7 Å². The number of pyridine rings is 1. The molecule has 0 spiro atoms. The molecule has 114 valence electrons. The first-order chi connectivity index (χ1) is 9.09. The van der Waals surface area contributed by atoms with Gasteiger partial charge < -0.3 is 5.43 Å². The Bertz CT molecular complexity index is 560. The van der Waals surface area contributed by atoms with E-state index in [1.807, 2.05) is 0 Å². The Balaban J connectivity index is 3.30. The first-order valence-electron chi connectivity index (χ1n) is 5.60. The molecule has 0 aliphatic heterocycles. The standard InChI is InChI=1S/C10H15F3N4O2S/c1-7(2)17(6-10(11,12)13)20(18,19)9-8(16-14)4-3-5-15-9/h3-5,7,16H,6,14H2,1-2H3. The lowest BCUT2D eigenvalue weighted by molar-refractivity contribution is -0.138. The predicted molar refractivity (Wildman–Crippen MR) is 67.1 cm³/mol. The summed E-state index contributed by atoms with van der Waals surface area (Å²) in [6, 6.07) is 1.85. The summed E-state index contributed by atoms with van der Waals surface area (Å²) in [7, 11) is -4.42. The molecule has 6 nitrogen and oxygen atoms in total. The van der Waals surface area contributed by atoms with Gasteiger partial charge in [-0.1, -0.05) is 0 Å². The normalized spacial score (nSPS) is 13.0. The Labute approximate surface area is 114 Å². The van der Waals surface area contributed by atoms with Crippen LogP contribution < -0.4 is 11.3 Å². The number of rotatable bonds is 5. The maximum atomic E-state index is 12.5. The Morgan fingerprint density at radius 1 is 1.45 bits per heavy atom. The minimum Gasteiger partial charge on any atom is -0.321 e. The SMILES string of the molecule is CC(C)N(CC(F)(F)F)S(=O)(=O)c1ncccc1NN. The van der Waals surface area contributed by atoms with Crippen molar-refractivity contribution in [2.75, 3.05) is 12.0 Å². The number of aromatic nitrogens is 1. The van der Waals surface area contributed by atoms with E-state index in [2.05, 4.69) is 10.4 Å². The Morgan fingerprint density at radius 3 is 2.50 bits per heavy atom. The molecule has 0 saturated carbocycles. The van der Waals surface area contributed by atoms with E-state index in [0.29, 0.717) is 4.31 Å². The molecular weight excluding hydrogens is 297 g/mol. The van der Waals surface area contributed by atoms with E-state index in [1.54, 1.807) is 0 Å². The number of alkyl halides is 3. The highest BCUT2D eigenvalue weighted by Crippen LogP contribution is 2.26. The van der Waals surface area contributed by atoms with Gasteiger partial charge in [-0.25, -0.2) is 13.4 Å². The van der Waals surface area contributed by atoms with Gasteiger partial charge in [-0.15, -0.1) is 0 Å². The number of hydrogen-bond donors (Lipinski definition) is 2. The number of sulfonamides is 1. The predicted octanol–water partition coefficient (Wildman–Crippen LogP) is 1.33. The van der Waals surface area contributed by atoms with E-state index >= 15 is 0 Å². The highest BCUT2D eigenvalue weighted by Gasteiger charge is 2.39. The zero-order valence-electron chi connectivity index (χ0n) is 10.8. The summed E-state index contributed by atoms with van der Waals surface area (Å²) in [6.45, 7) is 1.11. The summed E-state index contributed by atoms with van der Waals surface area (Å²) in [5, 5.41) is -0.541. The lowest BCUT2D eigenvalue weighted by Crippen LogP contribution is -2.43. The highest BCUT2D eigenvalue weighted by atomic mass is 32.2. The summed E-state index contributed by atoms with van der Waals surface area (Å²) in [5.41, 5.74) is 2.04. The number of nitrogens with two attached hydrogens (primary N) is 1. The lowest BCUT2D eigenvalue weighted by atomic mass is 10.4. The van der Waals surface area contributed by atoms with Crippen molar-refractivity contribution in [3.8, 4) is 0 Å². The molecule has 0 aliphatic carbocycles. The lowest BCUT2D eigenvalue weighted by Gasteiger charge is -2.26. The fraction of sp³-hybridized carbons (Fsp3) is 0.500. The van der Waals surface area contributed by atoms with Gasteiger partial charge in [0.05, 0.1) is 5.69 Å². The van der Waals surface area contributed by atoms with Crippen LogP contribution >= 0.6 is 0 Å². The van der Waals surface area contributed by atoms with Gasteiger partial charge in [0, 0.05) is 12.2 Å². The second kappa shape index (κ2) is 5.94. The van der Waals surface area contributed by atoms with Gasteiger partial charge in [-0.05, 0) is 26.0 Å². The van der Waals surface area contributed by atoms with Gasteiger partial charge in [0.25, 0.3) is 10.0 Å². The third-order valence-corrected chi connectivity index (χ3v) is 4.37. The number of hydrazine groups is 1. The maximum absolute atomic E-state index is 12.5. The molecular formula is C10H15F3N4O2S. The molecule has 1 heterocycles. The van der Waals surface area contributed by atoms with Crippen LogP contribution in [-0.4, -0.2) is 36.5 Å². The number of anilines is 1. The number of nitrogen functional groups attached to an aromatic ring is 1. The van der Waals surface area contributed by atoms with Gasteiger partial charge >= 0.3 is 6.18 Å². The number of nitrogens with zero attached hydrogens (tertiary/aromatic N) is 2. The Hall–Kier alpha value is -1.39. The molecule has 20 heavy (non-hydrogen) atoms. The first-order valence-corrected chi connectivity index (χ1v) is 7.04. The number of hydrogen-bond acceptors (Lipinski definition) is 5. The van der Waals surface area contributed by atoms with Gasteiger partial charge in [0.2, 0.25) is 0 Å². The molecule has 0 radical (unpaired) electrons. The second-order valence-corrected chi connectivity index (χ2v) is 6.07. The van der Waals surface area contributed by atoms with Gasteiger partial charge in [0.1, 0.15) is 6.54 Å². The second-order valence-electron chi connectivity index (χ2n) is 4.26. The van der Waals surface area contributed by atoms with Gasteiger partial charge in [-0.3, -0.25) is 5.84 Å². The highest BCUT2D eigenvalue weighted by molar-refractivity contribution is 7.89. The molecule has 0 bridgehead atoms. The van der Waals surface area contributed by atoms with Gasteiger partial charge in [0.15, 0.2) is 5.03 Å². The molecule has 1 aromatic heterocycles. The summed E-state index contributed by atoms with van der Waals surface area (Å²) in [4.78, 5) is 3.62. The third-order valence-electron chi connectivity index (χ3n) is 2.39. The quantitative estimate of drug-likeness (QED) is 0.632. The van der Waals surface area contributed by atoms with Crippen molar-refractivity contribution in [2.45, 2.75) is 31.1 Å². The molecule has 0 fully saturated rings. The fourth-order valence-corrected chi connectivity index (χ4v) is 3.23. The van der Waals surface area contributed by atoms with Crippen LogP contribution in [0.4, 0.5) is 18.9 Å². The van der Waals surface area contributed by atoms with Crippen molar-refractivity contribution in [3.05, 3.63) is 18.3 Å². The smallest absolute Gasteiger partial charge is 0.321 e. The monoisotopic (exact) mass is 312 g/mol. The Kier molecular flexibility index (Phi) is 4.95. The minimum atomic E-state index is -4.65. The van der Waals surface area contributed by atoms with Crippen molar-refractivity contribution in [1.29, 1.82) is 0 Å². The third kappa shape index (κ3) is 3.81. The van der Waals surface area contributed by atoms with E-state index in [9.17, 15) is 21.6 Å². The largest absolute Gasteiger partial charge is 0.402 e. The molecule has 1 rings (SSSR count). The van der Waals surface area contributed by atoms with Crippen LogP contribution in [0.3, 0.4) is 0 Å². The van der Waals surface area contributed by atoms with E-state index in [0.717, 1.165) is 0 Å². The number of nitrogens with one attached hydrogen (secondary N) is 1.